The number of carbonyl (C=O) groups is 1. The van der Waals surface area contributed by atoms with Crippen LogP contribution in [0.25, 0.3) is 0 Å². The van der Waals surface area contributed by atoms with Crippen molar-refractivity contribution in [2.45, 2.75) is 45.6 Å². The standard InChI is InChI=1S/C15H24N2O/c1-3-4-9-14(11-16)17-15(18)10-13-8-6-5-7-12(13)2/h5-8,14H,3-4,9-11,16H2,1-2H3,(H,17,18). The highest BCUT2D eigenvalue weighted by Crippen LogP contribution is 2.08. The van der Waals surface area contributed by atoms with E-state index < -0.39 is 0 Å². The average molecular weight is 248 g/mol. The van der Waals surface area contributed by atoms with E-state index in [0.717, 1.165) is 30.4 Å². The summed E-state index contributed by atoms with van der Waals surface area (Å²) in [6.45, 7) is 4.68. The minimum absolute atomic E-state index is 0.0656. The molecule has 0 aromatic heterocycles. The second-order valence-corrected chi connectivity index (χ2v) is 4.75. The molecule has 0 fully saturated rings. The Morgan fingerprint density at radius 3 is 2.72 bits per heavy atom. The van der Waals surface area contributed by atoms with Crippen molar-refractivity contribution in [2.24, 2.45) is 5.73 Å². The van der Waals surface area contributed by atoms with E-state index in [1.54, 1.807) is 0 Å². The Morgan fingerprint density at radius 2 is 2.11 bits per heavy atom. The van der Waals surface area contributed by atoms with E-state index in [2.05, 4.69) is 12.2 Å². The Labute approximate surface area is 110 Å². The third-order valence-corrected chi connectivity index (χ3v) is 3.17. The van der Waals surface area contributed by atoms with Crippen LogP contribution in [-0.2, 0) is 11.2 Å². The minimum atomic E-state index is 0.0656. The van der Waals surface area contributed by atoms with Gasteiger partial charge in [0.1, 0.15) is 0 Å². The molecule has 3 nitrogen and oxygen atoms in total. The summed E-state index contributed by atoms with van der Waals surface area (Å²) in [5, 5.41) is 3.01. The Bertz CT molecular complexity index is 377. The number of rotatable bonds is 7. The summed E-state index contributed by atoms with van der Waals surface area (Å²) in [4.78, 5) is 11.9. The topological polar surface area (TPSA) is 55.1 Å². The van der Waals surface area contributed by atoms with Crippen molar-refractivity contribution in [3.8, 4) is 0 Å². The molecule has 1 rings (SSSR count). The van der Waals surface area contributed by atoms with Crippen LogP contribution in [0.3, 0.4) is 0 Å². The van der Waals surface area contributed by atoms with Crippen LogP contribution in [0.15, 0.2) is 24.3 Å². The van der Waals surface area contributed by atoms with E-state index in [1.165, 1.54) is 0 Å². The molecule has 0 saturated heterocycles. The first-order chi connectivity index (χ1) is 8.67. The van der Waals surface area contributed by atoms with E-state index in [0.29, 0.717) is 13.0 Å². The van der Waals surface area contributed by atoms with Gasteiger partial charge in [-0.25, -0.2) is 0 Å². The quantitative estimate of drug-likeness (QED) is 0.777. The van der Waals surface area contributed by atoms with Crippen LogP contribution < -0.4 is 11.1 Å². The molecule has 0 bridgehead atoms. The Balaban J connectivity index is 2.48. The van der Waals surface area contributed by atoms with Crippen LogP contribution in [0.1, 0.15) is 37.3 Å². The zero-order valence-electron chi connectivity index (χ0n) is 11.4. The summed E-state index contributed by atoms with van der Waals surface area (Å²) in [6, 6.07) is 8.09. The molecule has 0 aliphatic rings. The third kappa shape index (κ3) is 4.88. The van der Waals surface area contributed by atoms with E-state index in [4.69, 9.17) is 5.73 Å². The van der Waals surface area contributed by atoms with Gasteiger partial charge in [0.05, 0.1) is 6.42 Å². The first kappa shape index (κ1) is 14.7. The number of amides is 1. The van der Waals surface area contributed by atoms with E-state index in [-0.39, 0.29) is 11.9 Å². The third-order valence-electron chi connectivity index (χ3n) is 3.17. The van der Waals surface area contributed by atoms with E-state index in [9.17, 15) is 4.79 Å². The highest BCUT2D eigenvalue weighted by atomic mass is 16.1. The van der Waals surface area contributed by atoms with Crippen LogP contribution in [0.5, 0.6) is 0 Å². The maximum atomic E-state index is 11.9. The summed E-state index contributed by atoms with van der Waals surface area (Å²) in [5.74, 6) is 0.0656. The van der Waals surface area contributed by atoms with Crippen molar-refractivity contribution in [1.29, 1.82) is 0 Å². The molecule has 1 amide bonds. The number of nitrogens with one attached hydrogen (secondary N) is 1. The molecule has 0 aliphatic heterocycles. The number of hydrogen-bond acceptors (Lipinski definition) is 2. The fourth-order valence-electron chi connectivity index (χ4n) is 1.96. The minimum Gasteiger partial charge on any atom is -0.352 e. The van der Waals surface area contributed by atoms with Crippen molar-refractivity contribution in [3.05, 3.63) is 35.4 Å². The van der Waals surface area contributed by atoms with Gasteiger partial charge in [-0.2, -0.15) is 0 Å². The summed E-state index contributed by atoms with van der Waals surface area (Å²) in [5.41, 5.74) is 7.91. The second kappa shape index (κ2) is 7.88. The number of unbranched alkanes of at least 4 members (excludes halogenated alkanes) is 1. The van der Waals surface area contributed by atoms with Gasteiger partial charge in [-0.05, 0) is 24.5 Å². The summed E-state index contributed by atoms with van der Waals surface area (Å²) in [7, 11) is 0. The molecule has 1 aromatic carbocycles. The van der Waals surface area contributed by atoms with Gasteiger partial charge in [-0.3, -0.25) is 4.79 Å². The fraction of sp³-hybridized carbons (Fsp3) is 0.533. The van der Waals surface area contributed by atoms with Crippen molar-refractivity contribution in [1.82, 2.24) is 5.32 Å². The number of hydrogen-bond donors (Lipinski definition) is 2. The number of carbonyl (C=O) groups excluding carboxylic acids is 1. The average Bonchev–Trinajstić information content (AvgIpc) is 2.37. The largest absolute Gasteiger partial charge is 0.352 e. The smallest absolute Gasteiger partial charge is 0.224 e. The van der Waals surface area contributed by atoms with E-state index >= 15 is 0 Å². The summed E-state index contributed by atoms with van der Waals surface area (Å²) >= 11 is 0. The maximum absolute atomic E-state index is 11.9. The predicted octanol–water partition coefficient (Wildman–Crippen LogP) is 2.17. The van der Waals surface area contributed by atoms with Crippen molar-refractivity contribution in [3.63, 3.8) is 0 Å². The van der Waals surface area contributed by atoms with Crippen molar-refractivity contribution >= 4 is 5.91 Å². The molecule has 0 aliphatic carbocycles. The predicted molar refractivity (Wildman–Crippen MR) is 75.4 cm³/mol. The molecule has 3 heteroatoms. The van der Waals surface area contributed by atoms with Crippen LogP contribution >= 0.6 is 0 Å². The molecule has 18 heavy (non-hydrogen) atoms. The Morgan fingerprint density at radius 1 is 1.39 bits per heavy atom. The van der Waals surface area contributed by atoms with Gasteiger partial charge in [-0.1, -0.05) is 44.0 Å². The molecule has 0 radical (unpaired) electrons. The lowest BCUT2D eigenvalue weighted by Gasteiger charge is -2.16. The van der Waals surface area contributed by atoms with Gasteiger partial charge in [0, 0.05) is 12.6 Å². The zero-order chi connectivity index (χ0) is 13.4. The normalized spacial score (nSPS) is 12.2. The molecule has 0 heterocycles. The lowest BCUT2D eigenvalue weighted by atomic mass is 10.0. The van der Waals surface area contributed by atoms with E-state index in [1.807, 2.05) is 31.2 Å². The molecule has 1 atom stereocenters. The van der Waals surface area contributed by atoms with Crippen LogP contribution in [0.2, 0.25) is 0 Å². The SMILES string of the molecule is CCCCC(CN)NC(=O)Cc1ccccc1C. The zero-order valence-corrected chi connectivity index (χ0v) is 11.4. The maximum Gasteiger partial charge on any atom is 0.224 e. The first-order valence-electron chi connectivity index (χ1n) is 6.71. The highest BCUT2D eigenvalue weighted by Gasteiger charge is 2.11. The molecular formula is C15H24N2O. The van der Waals surface area contributed by atoms with Crippen molar-refractivity contribution < 1.29 is 4.79 Å². The monoisotopic (exact) mass is 248 g/mol. The Kier molecular flexibility index (Phi) is 6.44. The fourth-order valence-corrected chi connectivity index (χ4v) is 1.96. The molecule has 0 spiro atoms. The molecule has 1 aromatic rings. The number of aryl methyl sites for hydroxylation is 1. The lowest BCUT2D eigenvalue weighted by Crippen LogP contribution is -2.40. The summed E-state index contributed by atoms with van der Waals surface area (Å²) < 4.78 is 0. The van der Waals surface area contributed by atoms with Crippen LogP contribution in [-0.4, -0.2) is 18.5 Å². The highest BCUT2D eigenvalue weighted by molar-refractivity contribution is 5.79. The molecule has 0 saturated carbocycles. The Hall–Kier alpha value is -1.35. The van der Waals surface area contributed by atoms with Crippen molar-refractivity contribution in [2.75, 3.05) is 6.54 Å². The van der Waals surface area contributed by atoms with Gasteiger partial charge < -0.3 is 11.1 Å². The van der Waals surface area contributed by atoms with Crippen LogP contribution in [0.4, 0.5) is 0 Å². The number of nitrogens with two attached hydrogens (primary N) is 1. The van der Waals surface area contributed by atoms with Gasteiger partial charge in [0.2, 0.25) is 5.91 Å². The van der Waals surface area contributed by atoms with Gasteiger partial charge >= 0.3 is 0 Å². The molecule has 1 unspecified atom stereocenters. The molecule has 3 N–H and O–H groups in total. The van der Waals surface area contributed by atoms with Gasteiger partial charge in [0.25, 0.3) is 0 Å². The second-order valence-electron chi connectivity index (χ2n) is 4.75. The lowest BCUT2D eigenvalue weighted by molar-refractivity contribution is -0.121. The van der Waals surface area contributed by atoms with Crippen LogP contribution in [0, 0.1) is 6.92 Å². The first-order valence-corrected chi connectivity index (χ1v) is 6.71. The molecule has 100 valence electrons. The molecular weight excluding hydrogens is 224 g/mol. The van der Waals surface area contributed by atoms with Gasteiger partial charge in [-0.15, -0.1) is 0 Å². The summed E-state index contributed by atoms with van der Waals surface area (Å²) in [6.07, 6.45) is 3.64. The number of benzene rings is 1. The van der Waals surface area contributed by atoms with Gasteiger partial charge in [0.15, 0.2) is 0 Å².